The highest BCUT2D eigenvalue weighted by Crippen LogP contribution is 2.24. The highest BCUT2D eigenvalue weighted by atomic mass is 35.5. The van der Waals surface area contributed by atoms with Gasteiger partial charge in [0.15, 0.2) is 10.6 Å². The van der Waals surface area contributed by atoms with Crippen LogP contribution in [-0.2, 0) is 19.8 Å². The van der Waals surface area contributed by atoms with Gasteiger partial charge in [-0.15, -0.1) is 0 Å². The van der Waals surface area contributed by atoms with Crippen molar-refractivity contribution >= 4 is 23.8 Å². The molecule has 0 bridgehead atoms. The fourth-order valence-corrected chi connectivity index (χ4v) is 3.58. The number of nitrogens with zero attached hydrogens (tertiary/aromatic N) is 5. The summed E-state index contributed by atoms with van der Waals surface area (Å²) in [5.41, 5.74) is 2.03. The molecule has 0 N–H and O–H groups in total. The first-order valence-electron chi connectivity index (χ1n) is 9.12. The van der Waals surface area contributed by atoms with E-state index in [0.717, 1.165) is 35.7 Å². The number of aromatic nitrogens is 4. The number of rotatable bonds is 8. The standard InChI is InChI=1S/C20H24ClN5OS/c1-4-11-25-19(15-7-9-22-10-8-15)23-26(20(25)28)14-24(2)13-16-12-17(21)5-6-18(16)27-3/h5-10,12H,4,11,13-14H2,1-3H3. The van der Waals surface area contributed by atoms with Gasteiger partial charge in [0.05, 0.1) is 13.8 Å². The summed E-state index contributed by atoms with van der Waals surface area (Å²) in [6.07, 6.45) is 4.52. The lowest BCUT2D eigenvalue weighted by atomic mass is 10.2. The molecular weight excluding hydrogens is 394 g/mol. The Balaban J connectivity index is 1.86. The van der Waals surface area contributed by atoms with Gasteiger partial charge in [0.1, 0.15) is 5.75 Å². The Morgan fingerprint density at radius 1 is 1.21 bits per heavy atom. The van der Waals surface area contributed by atoms with Crippen LogP contribution in [0.4, 0.5) is 0 Å². The number of hydrogen-bond acceptors (Lipinski definition) is 5. The van der Waals surface area contributed by atoms with E-state index >= 15 is 0 Å². The van der Waals surface area contributed by atoms with Gasteiger partial charge in [-0.05, 0) is 56.0 Å². The van der Waals surface area contributed by atoms with E-state index in [1.54, 1.807) is 19.5 Å². The third-order valence-electron chi connectivity index (χ3n) is 4.37. The first-order chi connectivity index (χ1) is 13.5. The van der Waals surface area contributed by atoms with Crippen molar-refractivity contribution in [1.82, 2.24) is 24.2 Å². The average molecular weight is 418 g/mol. The van der Waals surface area contributed by atoms with E-state index in [9.17, 15) is 0 Å². The van der Waals surface area contributed by atoms with Crippen molar-refractivity contribution in [2.45, 2.75) is 33.1 Å². The lowest BCUT2D eigenvalue weighted by Gasteiger charge is -2.18. The molecule has 1 aromatic carbocycles. The van der Waals surface area contributed by atoms with Crippen LogP contribution >= 0.6 is 23.8 Å². The molecule has 0 aliphatic rings. The molecule has 0 radical (unpaired) electrons. The summed E-state index contributed by atoms with van der Waals surface area (Å²) < 4.78 is 10.1. The summed E-state index contributed by atoms with van der Waals surface area (Å²) in [6.45, 7) is 4.18. The van der Waals surface area contributed by atoms with Gasteiger partial charge in [0, 0.05) is 41.6 Å². The van der Waals surface area contributed by atoms with Gasteiger partial charge in [0.25, 0.3) is 0 Å². The highest BCUT2D eigenvalue weighted by Gasteiger charge is 2.14. The summed E-state index contributed by atoms with van der Waals surface area (Å²) in [5, 5.41) is 5.48. The Morgan fingerprint density at radius 3 is 2.64 bits per heavy atom. The maximum Gasteiger partial charge on any atom is 0.199 e. The second kappa shape index (κ2) is 9.32. The molecule has 28 heavy (non-hydrogen) atoms. The fraction of sp³-hybridized carbons (Fsp3) is 0.350. The van der Waals surface area contributed by atoms with Crippen molar-refractivity contribution in [3.63, 3.8) is 0 Å². The molecule has 2 heterocycles. The van der Waals surface area contributed by atoms with Crippen LogP contribution in [0.25, 0.3) is 11.4 Å². The molecule has 2 aromatic heterocycles. The Labute approximate surface area is 175 Å². The quantitative estimate of drug-likeness (QED) is 0.500. The summed E-state index contributed by atoms with van der Waals surface area (Å²) in [4.78, 5) is 6.22. The topological polar surface area (TPSA) is 48.1 Å². The minimum absolute atomic E-state index is 0.559. The van der Waals surface area contributed by atoms with Crippen LogP contribution in [-0.4, -0.2) is 38.4 Å². The van der Waals surface area contributed by atoms with E-state index in [1.165, 1.54) is 0 Å². The normalized spacial score (nSPS) is 11.2. The molecule has 148 valence electrons. The van der Waals surface area contributed by atoms with Crippen LogP contribution in [0.3, 0.4) is 0 Å². The van der Waals surface area contributed by atoms with Crippen LogP contribution < -0.4 is 4.74 Å². The van der Waals surface area contributed by atoms with Crippen LogP contribution in [0.15, 0.2) is 42.7 Å². The van der Waals surface area contributed by atoms with Gasteiger partial charge in [-0.2, -0.15) is 5.10 Å². The zero-order valence-corrected chi connectivity index (χ0v) is 17.9. The smallest absolute Gasteiger partial charge is 0.199 e. The fourth-order valence-electron chi connectivity index (χ4n) is 3.11. The summed E-state index contributed by atoms with van der Waals surface area (Å²) >= 11 is 11.9. The van der Waals surface area contributed by atoms with Gasteiger partial charge in [0.2, 0.25) is 0 Å². The molecule has 3 aromatic rings. The van der Waals surface area contributed by atoms with Gasteiger partial charge < -0.3 is 4.74 Å². The zero-order valence-electron chi connectivity index (χ0n) is 16.3. The SMILES string of the molecule is CCCn1c(-c2ccncc2)nn(CN(C)Cc2cc(Cl)ccc2OC)c1=S. The molecule has 6 nitrogen and oxygen atoms in total. The molecule has 0 unspecified atom stereocenters. The third kappa shape index (κ3) is 4.60. The largest absolute Gasteiger partial charge is 0.496 e. The second-order valence-corrected chi connectivity index (χ2v) is 7.41. The molecule has 0 saturated carbocycles. The summed E-state index contributed by atoms with van der Waals surface area (Å²) in [6, 6.07) is 9.54. The van der Waals surface area contributed by atoms with Crippen molar-refractivity contribution in [3.05, 3.63) is 58.1 Å². The molecule has 3 rings (SSSR count). The maximum atomic E-state index is 6.15. The van der Waals surface area contributed by atoms with E-state index in [2.05, 4.69) is 21.4 Å². The Morgan fingerprint density at radius 2 is 1.96 bits per heavy atom. The maximum absolute atomic E-state index is 6.15. The van der Waals surface area contributed by atoms with Crippen LogP contribution in [0.5, 0.6) is 5.75 Å². The van der Waals surface area contributed by atoms with Crippen molar-refractivity contribution in [2.24, 2.45) is 0 Å². The van der Waals surface area contributed by atoms with Gasteiger partial charge >= 0.3 is 0 Å². The van der Waals surface area contributed by atoms with Crippen molar-refractivity contribution in [2.75, 3.05) is 14.2 Å². The molecule has 0 amide bonds. The van der Waals surface area contributed by atoms with Gasteiger partial charge in [-0.1, -0.05) is 18.5 Å². The van der Waals surface area contributed by atoms with E-state index in [0.29, 0.717) is 23.0 Å². The molecule has 8 heteroatoms. The van der Waals surface area contributed by atoms with Crippen molar-refractivity contribution in [3.8, 4) is 17.1 Å². The van der Waals surface area contributed by atoms with Crippen LogP contribution in [0.1, 0.15) is 18.9 Å². The predicted octanol–water partition coefficient (Wildman–Crippen LogP) is 4.64. The first-order valence-corrected chi connectivity index (χ1v) is 9.91. The molecule has 0 fully saturated rings. The first kappa shape index (κ1) is 20.5. The molecule has 0 aliphatic carbocycles. The van der Waals surface area contributed by atoms with E-state index in [-0.39, 0.29) is 0 Å². The second-order valence-electron chi connectivity index (χ2n) is 6.61. The number of hydrogen-bond donors (Lipinski definition) is 0. The van der Waals surface area contributed by atoms with Crippen LogP contribution in [0, 0.1) is 4.77 Å². The number of benzene rings is 1. The number of halogens is 1. The number of pyridine rings is 1. The van der Waals surface area contributed by atoms with E-state index in [1.807, 2.05) is 42.1 Å². The van der Waals surface area contributed by atoms with E-state index in [4.69, 9.17) is 33.7 Å². The zero-order chi connectivity index (χ0) is 20.1. The molecule has 0 atom stereocenters. The number of ether oxygens (including phenoxy) is 1. The van der Waals surface area contributed by atoms with E-state index < -0.39 is 0 Å². The minimum Gasteiger partial charge on any atom is -0.496 e. The summed E-state index contributed by atoms with van der Waals surface area (Å²) in [7, 11) is 3.68. The molecule has 0 aliphatic heterocycles. The summed E-state index contributed by atoms with van der Waals surface area (Å²) in [5.74, 6) is 1.68. The predicted molar refractivity (Wildman–Crippen MR) is 114 cm³/mol. The monoisotopic (exact) mass is 417 g/mol. The third-order valence-corrected chi connectivity index (χ3v) is 5.03. The highest BCUT2D eigenvalue weighted by molar-refractivity contribution is 7.71. The Hall–Kier alpha value is -2.22. The molecule has 0 spiro atoms. The Kier molecular flexibility index (Phi) is 6.83. The lowest BCUT2D eigenvalue weighted by Crippen LogP contribution is -2.23. The minimum atomic E-state index is 0.559. The number of methoxy groups -OCH3 is 1. The molecular formula is C20H24ClN5OS. The van der Waals surface area contributed by atoms with Gasteiger partial charge in [-0.25, -0.2) is 4.68 Å². The lowest BCUT2D eigenvalue weighted by molar-refractivity contribution is 0.240. The van der Waals surface area contributed by atoms with Gasteiger partial charge in [-0.3, -0.25) is 14.5 Å². The van der Waals surface area contributed by atoms with Crippen LogP contribution in [0.2, 0.25) is 5.02 Å². The molecule has 0 saturated heterocycles. The van der Waals surface area contributed by atoms with Crippen molar-refractivity contribution < 1.29 is 4.74 Å². The Bertz CT molecular complexity index is 986. The van der Waals surface area contributed by atoms with Crippen molar-refractivity contribution in [1.29, 1.82) is 0 Å². The average Bonchev–Trinajstić information content (AvgIpc) is 2.99.